The summed E-state index contributed by atoms with van der Waals surface area (Å²) in [6.45, 7) is 6.79. The molecule has 1 aliphatic rings. The van der Waals surface area contributed by atoms with Crippen LogP contribution in [0.2, 0.25) is 0 Å². The smallest absolute Gasteiger partial charge is 0.242 e. The van der Waals surface area contributed by atoms with Crippen LogP contribution < -0.4 is 10.5 Å². The summed E-state index contributed by atoms with van der Waals surface area (Å²) in [7, 11) is 0. The van der Waals surface area contributed by atoms with Gasteiger partial charge in [0.25, 0.3) is 0 Å². The summed E-state index contributed by atoms with van der Waals surface area (Å²) >= 11 is 0. The van der Waals surface area contributed by atoms with E-state index in [-0.39, 0.29) is 11.8 Å². The molecule has 6 heteroatoms. The van der Waals surface area contributed by atoms with Crippen molar-refractivity contribution in [3.05, 3.63) is 47.9 Å². The van der Waals surface area contributed by atoms with Gasteiger partial charge in [0, 0.05) is 30.8 Å². The number of aryl methyl sites for hydroxylation is 1. The molecule has 1 fully saturated rings. The van der Waals surface area contributed by atoms with Crippen LogP contribution in [0.15, 0.2) is 36.4 Å². The molecule has 2 aromatic rings. The van der Waals surface area contributed by atoms with Gasteiger partial charge in [0.1, 0.15) is 11.6 Å². The van der Waals surface area contributed by atoms with Crippen LogP contribution in [0.3, 0.4) is 0 Å². The summed E-state index contributed by atoms with van der Waals surface area (Å²) in [6, 6.07) is 11.4. The van der Waals surface area contributed by atoms with Crippen LogP contribution in [-0.4, -0.2) is 39.4 Å². The van der Waals surface area contributed by atoms with Gasteiger partial charge in [0.2, 0.25) is 11.8 Å². The predicted octanol–water partition coefficient (Wildman–Crippen LogP) is 3.02. The zero-order valence-electron chi connectivity index (χ0n) is 15.6. The Balaban J connectivity index is 1.70. The fourth-order valence-electron chi connectivity index (χ4n) is 3.15. The van der Waals surface area contributed by atoms with E-state index in [1.54, 1.807) is 13.8 Å². The fourth-order valence-corrected chi connectivity index (χ4v) is 3.15. The molecule has 0 radical (unpaired) electrons. The highest BCUT2D eigenvalue weighted by atomic mass is 16.5. The van der Waals surface area contributed by atoms with E-state index in [1.807, 2.05) is 48.2 Å². The maximum Gasteiger partial charge on any atom is 0.242 e. The summed E-state index contributed by atoms with van der Waals surface area (Å²) in [4.78, 5) is 23.4. The summed E-state index contributed by atoms with van der Waals surface area (Å²) in [6.07, 6.45) is 1.66. The monoisotopic (exact) mass is 354 g/mol. The first-order valence-electron chi connectivity index (χ1n) is 8.99. The zero-order chi connectivity index (χ0) is 18.7. The van der Waals surface area contributed by atoms with Crippen molar-refractivity contribution in [2.75, 3.05) is 13.1 Å². The van der Waals surface area contributed by atoms with Crippen LogP contribution in [0.4, 0.5) is 0 Å². The van der Waals surface area contributed by atoms with Gasteiger partial charge in [-0.15, -0.1) is 0 Å². The van der Waals surface area contributed by atoms with E-state index in [0.29, 0.717) is 19.0 Å². The molecule has 1 aromatic heterocycles. The largest absolute Gasteiger partial charge is 0.439 e. The molecule has 138 valence electrons. The summed E-state index contributed by atoms with van der Waals surface area (Å²) < 4.78 is 5.86. The lowest BCUT2D eigenvalue weighted by Gasteiger charge is -2.35. The van der Waals surface area contributed by atoms with Gasteiger partial charge in [-0.2, -0.15) is 4.98 Å². The number of benzene rings is 1. The minimum Gasteiger partial charge on any atom is -0.439 e. The molecule has 1 saturated heterocycles. The number of rotatable bonds is 4. The van der Waals surface area contributed by atoms with Gasteiger partial charge in [0.15, 0.2) is 0 Å². The lowest BCUT2D eigenvalue weighted by Crippen LogP contribution is -2.53. The summed E-state index contributed by atoms with van der Waals surface area (Å²) in [5.74, 6) is 2.31. The Hall–Kier alpha value is -2.47. The maximum absolute atomic E-state index is 12.3. The number of likely N-dealkylation sites (tertiary alicyclic amines) is 1. The number of hydrogen-bond acceptors (Lipinski definition) is 5. The first-order chi connectivity index (χ1) is 12.3. The number of para-hydroxylation sites is 1. The summed E-state index contributed by atoms with van der Waals surface area (Å²) in [5, 5.41) is 0. The third-order valence-electron chi connectivity index (χ3n) is 4.51. The number of aromatic nitrogens is 2. The van der Waals surface area contributed by atoms with Gasteiger partial charge in [-0.3, -0.25) is 4.79 Å². The Labute approximate surface area is 154 Å². The second-order valence-corrected chi connectivity index (χ2v) is 7.41. The molecule has 2 N–H and O–H groups in total. The molecular formula is C20H26N4O2. The topological polar surface area (TPSA) is 81.3 Å². The minimum atomic E-state index is -0.830. The van der Waals surface area contributed by atoms with E-state index in [0.717, 1.165) is 30.1 Å². The number of nitrogens with two attached hydrogens (primary N) is 1. The molecule has 0 unspecified atom stereocenters. The normalized spacial score (nSPS) is 15.8. The lowest BCUT2D eigenvalue weighted by atomic mass is 9.94. The molecular weight excluding hydrogens is 328 g/mol. The van der Waals surface area contributed by atoms with Crippen molar-refractivity contribution in [1.29, 1.82) is 0 Å². The van der Waals surface area contributed by atoms with Crippen LogP contribution in [0.5, 0.6) is 11.6 Å². The van der Waals surface area contributed by atoms with Gasteiger partial charge in [-0.05, 0) is 45.7 Å². The number of amides is 1. The molecule has 1 aliphatic heterocycles. The van der Waals surface area contributed by atoms with Gasteiger partial charge >= 0.3 is 0 Å². The van der Waals surface area contributed by atoms with E-state index in [1.165, 1.54) is 0 Å². The number of nitrogens with zero attached hydrogens (tertiary/aromatic N) is 3. The van der Waals surface area contributed by atoms with Crippen molar-refractivity contribution in [2.24, 2.45) is 5.73 Å². The van der Waals surface area contributed by atoms with Crippen LogP contribution in [0.1, 0.15) is 44.1 Å². The van der Waals surface area contributed by atoms with Gasteiger partial charge in [-0.1, -0.05) is 18.2 Å². The Morgan fingerprint density at radius 2 is 1.85 bits per heavy atom. The highest BCUT2D eigenvalue weighted by molar-refractivity contribution is 5.85. The van der Waals surface area contributed by atoms with Crippen molar-refractivity contribution in [2.45, 2.75) is 45.1 Å². The standard InChI is InChI=1S/C20H26N4O2/c1-14-13-17(26-16-7-5-4-6-8-16)23-18(22-14)15-9-11-24(12-10-15)19(25)20(2,3)21/h4-8,13,15H,9-12,21H2,1-3H3. The molecule has 2 heterocycles. The number of piperidine rings is 1. The van der Waals surface area contributed by atoms with Gasteiger partial charge in [0.05, 0.1) is 5.54 Å². The molecule has 0 aliphatic carbocycles. The zero-order valence-corrected chi connectivity index (χ0v) is 15.6. The molecule has 0 saturated carbocycles. The molecule has 0 spiro atoms. The predicted molar refractivity (Wildman–Crippen MR) is 100 cm³/mol. The Bertz CT molecular complexity index is 763. The summed E-state index contributed by atoms with van der Waals surface area (Å²) in [5.41, 5.74) is 5.98. The average molecular weight is 354 g/mol. The lowest BCUT2D eigenvalue weighted by molar-refractivity contribution is -0.136. The third kappa shape index (κ3) is 4.38. The van der Waals surface area contributed by atoms with Crippen molar-refractivity contribution in [3.8, 4) is 11.6 Å². The van der Waals surface area contributed by atoms with Crippen LogP contribution >= 0.6 is 0 Å². The molecule has 0 atom stereocenters. The molecule has 6 nitrogen and oxygen atoms in total. The number of ether oxygens (including phenoxy) is 1. The van der Waals surface area contributed by atoms with E-state index >= 15 is 0 Å². The average Bonchev–Trinajstić information content (AvgIpc) is 2.61. The van der Waals surface area contributed by atoms with Crippen molar-refractivity contribution < 1.29 is 9.53 Å². The molecule has 3 rings (SSSR count). The van der Waals surface area contributed by atoms with Crippen LogP contribution in [0.25, 0.3) is 0 Å². The minimum absolute atomic E-state index is 0.00536. The van der Waals surface area contributed by atoms with Crippen molar-refractivity contribution in [3.63, 3.8) is 0 Å². The quantitative estimate of drug-likeness (QED) is 0.913. The molecule has 0 bridgehead atoms. The fraction of sp³-hybridized carbons (Fsp3) is 0.450. The van der Waals surface area contributed by atoms with E-state index in [4.69, 9.17) is 10.5 Å². The molecule has 1 amide bonds. The Kier molecular flexibility index (Phi) is 5.23. The van der Waals surface area contributed by atoms with E-state index in [2.05, 4.69) is 9.97 Å². The first-order valence-corrected chi connectivity index (χ1v) is 8.99. The van der Waals surface area contributed by atoms with Crippen LogP contribution in [0, 0.1) is 6.92 Å². The van der Waals surface area contributed by atoms with Gasteiger partial charge < -0.3 is 15.4 Å². The van der Waals surface area contributed by atoms with E-state index < -0.39 is 5.54 Å². The Morgan fingerprint density at radius 3 is 2.46 bits per heavy atom. The second-order valence-electron chi connectivity index (χ2n) is 7.41. The number of hydrogen-bond donors (Lipinski definition) is 1. The molecule has 26 heavy (non-hydrogen) atoms. The molecule has 1 aromatic carbocycles. The first kappa shape index (κ1) is 18.3. The van der Waals surface area contributed by atoms with Crippen molar-refractivity contribution >= 4 is 5.91 Å². The third-order valence-corrected chi connectivity index (χ3v) is 4.51. The highest BCUT2D eigenvalue weighted by Gasteiger charge is 2.32. The highest BCUT2D eigenvalue weighted by Crippen LogP contribution is 2.29. The van der Waals surface area contributed by atoms with Crippen LogP contribution in [-0.2, 0) is 4.79 Å². The second kappa shape index (κ2) is 7.41. The van der Waals surface area contributed by atoms with Gasteiger partial charge in [-0.25, -0.2) is 4.98 Å². The number of carbonyl (C=O) groups is 1. The SMILES string of the molecule is Cc1cc(Oc2ccccc2)nc(C2CCN(C(=O)C(C)(C)N)CC2)n1. The van der Waals surface area contributed by atoms with Crippen molar-refractivity contribution in [1.82, 2.24) is 14.9 Å². The Morgan fingerprint density at radius 1 is 1.19 bits per heavy atom. The maximum atomic E-state index is 12.3. The number of carbonyl (C=O) groups excluding carboxylic acids is 1. The van der Waals surface area contributed by atoms with E-state index in [9.17, 15) is 4.79 Å².